The van der Waals surface area contributed by atoms with Crippen LogP contribution in [0.5, 0.6) is 0 Å². The van der Waals surface area contributed by atoms with E-state index in [2.05, 4.69) is 0 Å². The first-order chi connectivity index (χ1) is 8.70. The van der Waals surface area contributed by atoms with E-state index in [0.29, 0.717) is 26.2 Å². The highest BCUT2D eigenvalue weighted by atomic mass is 32.2. The van der Waals surface area contributed by atoms with E-state index in [1.807, 2.05) is 20.8 Å². The molecule has 0 spiro atoms. The topological polar surface area (TPSA) is 73.7 Å². The SMILES string of the molecule is CC(C)(C)OC(=O)N1CCN(S(=N)(=O)C2CC2)CC1. The summed E-state index contributed by atoms with van der Waals surface area (Å²) in [7, 11) is -2.62. The number of carbonyl (C=O) groups is 1. The van der Waals surface area contributed by atoms with E-state index in [1.165, 1.54) is 0 Å². The molecule has 2 rings (SSSR count). The Hall–Kier alpha value is -0.820. The molecule has 0 aromatic rings. The number of nitrogens with zero attached hydrogens (tertiary/aromatic N) is 2. The largest absolute Gasteiger partial charge is 0.444 e. The molecule has 1 unspecified atom stereocenters. The molecule has 1 N–H and O–H groups in total. The van der Waals surface area contributed by atoms with E-state index in [-0.39, 0.29) is 11.3 Å². The molecule has 7 heteroatoms. The third-order valence-corrected chi connectivity index (χ3v) is 5.76. The zero-order valence-corrected chi connectivity index (χ0v) is 12.7. The van der Waals surface area contributed by atoms with Crippen molar-refractivity contribution in [3.63, 3.8) is 0 Å². The summed E-state index contributed by atoms with van der Waals surface area (Å²) in [6.07, 6.45) is 1.47. The molecule has 110 valence electrons. The van der Waals surface area contributed by atoms with Gasteiger partial charge in [-0.25, -0.2) is 18.1 Å². The first-order valence-corrected chi connectivity index (χ1v) is 8.28. The van der Waals surface area contributed by atoms with Crippen molar-refractivity contribution >= 4 is 16.0 Å². The Labute approximate surface area is 115 Å². The molecule has 1 saturated heterocycles. The number of piperazine rings is 1. The smallest absolute Gasteiger partial charge is 0.410 e. The standard InChI is InChI=1S/C12H23N3O3S/c1-12(2,3)18-11(16)14-6-8-15(9-7-14)19(13,17)10-4-5-10/h10,13H,4-9H2,1-3H3. The molecule has 1 amide bonds. The zero-order valence-electron chi connectivity index (χ0n) is 11.8. The van der Waals surface area contributed by atoms with Crippen LogP contribution in [0.2, 0.25) is 0 Å². The normalized spacial score (nSPS) is 24.9. The molecule has 2 fully saturated rings. The number of nitrogens with one attached hydrogen (secondary N) is 1. The highest BCUT2D eigenvalue weighted by molar-refractivity contribution is 7.91. The number of ether oxygens (including phenoxy) is 1. The van der Waals surface area contributed by atoms with Gasteiger partial charge in [-0.2, -0.15) is 0 Å². The molecule has 1 aliphatic carbocycles. The molecule has 1 atom stereocenters. The van der Waals surface area contributed by atoms with Gasteiger partial charge in [-0.3, -0.25) is 0 Å². The van der Waals surface area contributed by atoms with Gasteiger partial charge in [0.15, 0.2) is 0 Å². The third-order valence-electron chi connectivity index (χ3n) is 3.25. The van der Waals surface area contributed by atoms with Crippen LogP contribution in [0.3, 0.4) is 0 Å². The Kier molecular flexibility index (Phi) is 3.79. The van der Waals surface area contributed by atoms with Gasteiger partial charge in [-0.15, -0.1) is 0 Å². The summed E-state index contributed by atoms with van der Waals surface area (Å²) in [6.45, 7) is 7.48. The summed E-state index contributed by atoms with van der Waals surface area (Å²) in [5.41, 5.74) is -0.495. The van der Waals surface area contributed by atoms with Crippen molar-refractivity contribution in [3.05, 3.63) is 0 Å². The minimum absolute atomic E-state index is 0.0422. The lowest BCUT2D eigenvalue weighted by Crippen LogP contribution is -2.51. The van der Waals surface area contributed by atoms with Crippen molar-refractivity contribution in [2.24, 2.45) is 0 Å². The minimum Gasteiger partial charge on any atom is -0.444 e. The van der Waals surface area contributed by atoms with Crippen LogP contribution in [0.25, 0.3) is 0 Å². The molecule has 1 heterocycles. The van der Waals surface area contributed by atoms with E-state index >= 15 is 0 Å². The summed E-state index contributed by atoms with van der Waals surface area (Å²) >= 11 is 0. The van der Waals surface area contributed by atoms with Crippen LogP contribution in [-0.2, 0) is 14.7 Å². The lowest BCUT2D eigenvalue weighted by Gasteiger charge is -2.36. The zero-order chi connectivity index (χ0) is 14.3. The van der Waals surface area contributed by atoms with Gasteiger partial charge < -0.3 is 9.64 Å². The lowest BCUT2D eigenvalue weighted by atomic mass is 10.2. The summed E-state index contributed by atoms with van der Waals surface area (Å²) in [4.78, 5) is 13.5. The number of amides is 1. The minimum atomic E-state index is -2.62. The second-order valence-corrected chi connectivity index (χ2v) is 8.48. The van der Waals surface area contributed by atoms with Gasteiger partial charge in [-0.05, 0) is 33.6 Å². The van der Waals surface area contributed by atoms with Crippen LogP contribution in [0, 0.1) is 4.78 Å². The van der Waals surface area contributed by atoms with Crippen LogP contribution in [-0.4, -0.2) is 56.5 Å². The van der Waals surface area contributed by atoms with Gasteiger partial charge >= 0.3 is 6.09 Å². The second-order valence-electron chi connectivity index (χ2n) is 6.16. The van der Waals surface area contributed by atoms with Gasteiger partial charge in [0.1, 0.15) is 15.5 Å². The summed E-state index contributed by atoms with van der Waals surface area (Å²) in [5.74, 6) is 0. The molecule has 6 nitrogen and oxygen atoms in total. The molecule has 1 aliphatic heterocycles. The third kappa shape index (κ3) is 3.60. The maximum atomic E-state index is 12.3. The molecular formula is C12H23N3O3S. The first kappa shape index (κ1) is 14.6. The van der Waals surface area contributed by atoms with Gasteiger partial charge in [0, 0.05) is 26.2 Å². The number of hydrogen-bond acceptors (Lipinski definition) is 4. The Morgan fingerprint density at radius 3 is 2.16 bits per heavy atom. The second kappa shape index (κ2) is 4.94. The monoisotopic (exact) mass is 289 g/mol. The lowest BCUT2D eigenvalue weighted by molar-refractivity contribution is 0.0194. The molecule has 1 saturated carbocycles. The molecule has 19 heavy (non-hydrogen) atoms. The van der Waals surface area contributed by atoms with Gasteiger partial charge in [0.25, 0.3) is 0 Å². The molecule has 2 aliphatic rings. The number of rotatable bonds is 2. The Balaban J connectivity index is 1.87. The van der Waals surface area contributed by atoms with Gasteiger partial charge in [-0.1, -0.05) is 0 Å². The van der Waals surface area contributed by atoms with Crippen LogP contribution < -0.4 is 0 Å². The molecule has 0 aromatic carbocycles. The Morgan fingerprint density at radius 1 is 1.21 bits per heavy atom. The van der Waals surface area contributed by atoms with Crippen LogP contribution >= 0.6 is 0 Å². The molecule has 0 aromatic heterocycles. The summed E-state index contributed by atoms with van der Waals surface area (Å²) in [6, 6.07) is 0. The van der Waals surface area contributed by atoms with E-state index in [1.54, 1.807) is 9.21 Å². The average Bonchev–Trinajstić information content (AvgIpc) is 3.11. The number of carbonyl (C=O) groups excluding carboxylic acids is 1. The fraction of sp³-hybridized carbons (Fsp3) is 0.917. The fourth-order valence-electron chi connectivity index (χ4n) is 2.07. The van der Waals surface area contributed by atoms with Crippen LogP contribution in [0.1, 0.15) is 33.6 Å². The van der Waals surface area contributed by atoms with Crippen LogP contribution in [0.15, 0.2) is 0 Å². The van der Waals surface area contributed by atoms with E-state index in [9.17, 15) is 9.00 Å². The highest BCUT2D eigenvalue weighted by Crippen LogP contribution is 2.32. The maximum Gasteiger partial charge on any atom is 0.410 e. The highest BCUT2D eigenvalue weighted by Gasteiger charge is 2.38. The molecule has 0 radical (unpaired) electrons. The van der Waals surface area contributed by atoms with Gasteiger partial charge in [0.05, 0.1) is 5.25 Å². The number of hydrogen-bond donors (Lipinski definition) is 1. The quantitative estimate of drug-likeness (QED) is 0.840. The Bertz CT molecular complexity index is 443. The predicted molar refractivity (Wildman–Crippen MR) is 73.3 cm³/mol. The predicted octanol–water partition coefficient (Wildman–Crippen LogP) is 1.66. The maximum absolute atomic E-state index is 12.3. The summed E-state index contributed by atoms with van der Waals surface area (Å²) in [5, 5.41) is 0.0422. The van der Waals surface area contributed by atoms with E-state index in [4.69, 9.17) is 9.52 Å². The van der Waals surface area contributed by atoms with E-state index < -0.39 is 15.5 Å². The van der Waals surface area contributed by atoms with Crippen molar-refractivity contribution in [2.75, 3.05) is 26.2 Å². The molecular weight excluding hydrogens is 266 g/mol. The van der Waals surface area contributed by atoms with Crippen molar-refractivity contribution in [3.8, 4) is 0 Å². The molecule has 0 bridgehead atoms. The van der Waals surface area contributed by atoms with Gasteiger partial charge in [0.2, 0.25) is 0 Å². The van der Waals surface area contributed by atoms with E-state index in [0.717, 1.165) is 12.8 Å². The van der Waals surface area contributed by atoms with Crippen molar-refractivity contribution in [1.82, 2.24) is 9.21 Å². The van der Waals surface area contributed by atoms with Crippen LogP contribution in [0.4, 0.5) is 4.79 Å². The van der Waals surface area contributed by atoms with Crippen molar-refractivity contribution in [2.45, 2.75) is 44.5 Å². The fourth-order valence-corrected chi connectivity index (χ4v) is 3.97. The average molecular weight is 289 g/mol. The summed E-state index contributed by atoms with van der Waals surface area (Å²) < 4.78 is 27.3. The first-order valence-electron chi connectivity index (χ1n) is 6.71. The van der Waals surface area contributed by atoms with Crippen molar-refractivity contribution in [1.29, 1.82) is 4.78 Å². The Morgan fingerprint density at radius 2 is 1.74 bits per heavy atom. The van der Waals surface area contributed by atoms with Crippen molar-refractivity contribution < 1.29 is 13.7 Å².